The number of hydrogen-bond donors (Lipinski definition) is 0. The van der Waals surface area contributed by atoms with Crippen LogP contribution in [0.25, 0.3) is 0 Å². The number of carbonyl (C=O) groups excluding carboxylic acids is 1. The predicted octanol–water partition coefficient (Wildman–Crippen LogP) is 3.80. The number of cyclic esters (lactones) is 1. The summed E-state index contributed by atoms with van der Waals surface area (Å²) < 4.78 is 5.83. The maximum absolute atomic E-state index is 12.0. The molecular formula is C16H22O2. The minimum atomic E-state index is -0.283. The number of rotatable bonds is 6. The van der Waals surface area contributed by atoms with Crippen molar-refractivity contribution in [3.63, 3.8) is 0 Å². The van der Waals surface area contributed by atoms with Gasteiger partial charge in [0.05, 0.1) is 5.92 Å². The van der Waals surface area contributed by atoms with Crippen molar-refractivity contribution in [2.24, 2.45) is 11.8 Å². The van der Waals surface area contributed by atoms with E-state index in [0.29, 0.717) is 5.92 Å². The maximum atomic E-state index is 12.0. The standard InChI is InChI=1S/C16H22O2/c1-3-5-11-16(12-6-4-2)14-10-8-7-9-13(14)15(17)18-16/h3-4,7-8,13-14H,1-2,5-6,9-12H2/t13-,14+/m1/s1. The Morgan fingerprint density at radius 1 is 1.22 bits per heavy atom. The molecule has 18 heavy (non-hydrogen) atoms. The van der Waals surface area contributed by atoms with Crippen molar-refractivity contribution in [1.29, 1.82) is 0 Å². The van der Waals surface area contributed by atoms with E-state index in [2.05, 4.69) is 25.3 Å². The van der Waals surface area contributed by atoms with Crippen LogP contribution in [0, 0.1) is 11.8 Å². The van der Waals surface area contributed by atoms with Crippen LogP contribution in [-0.2, 0) is 9.53 Å². The van der Waals surface area contributed by atoms with Gasteiger partial charge in [-0.2, -0.15) is 0 Å². The lowest BCUT2D eigenvalue weighted by molar-refractivity contribution is -0.152. The van der Waals surface area contributed by atoms with Crippen LogP contribution in [0.5, 0.6) is 0 Å². The lowest BCUT2D eigenvalue weighted by Gasteiger charge is -2.35. The lowest BCUT2D eigenvalue weighted by atomic mass is 9.71. The van der Waals surface area contributed by atoms with Crippen LogP contribution in [0.2, 0.25) is 0 Å². The van der Waals surface area contributed by atoms with E-state index >= 15 is 0 Å². The maximum Gasteiger partial charge on any atom is 0.310 e. The van der Waals surface area contributed by atoms with E-state index in [9.17, 15) is 4.79 Å². The van der Waals surface area contributed by atoms with Gasteiger partial charge >= 0.3 is 5.97 Å². The molecule has 1 aliphatic carbocycles. The average molecular weight is 246 g/mol. The molecule has 2 atom stereocenters. The van der Waals surface area contributed by atoms with Crippen LogP contribution >= 0.6 is 0 Å². The molecule has 0 aromatic rings. The molecule has 0 unspecified atom stereocenters. The number of allylic oxidation sites excluding steroid dienone is 4. The fourth-order valence-corrected chi connectivity index (χ4v) is 3.30. The summed E-state index contributed by atoms with van der Waals surface area (Å²) in [6.45, 7) is 7.56. The van der Waals surface area contributed by atoms with Gasteiger partial charge in [-0.3, -0.25) is 4.79 Å². The van der Waals surface area contributed by atoms with Gasteiger partial charge in [-0.1, -0.05) is 24.3 Å². The third kappa shape index (κ3) is 2.29. The largest absolute Gasteiger partial charge is 0.458 e. The van der Waals surface area contributed by atoms with E-state index in [1.165, 1.54) is 0 Å². The summed E-state index contributed by atoms with van der Waals surface area (Å²) in [6.07, 6.45) is 13.5. The third-order valence-corrected chi connectivity index (χ3v) is 4.26. The van der Waals surface area contributed by atoms with Crippen molar-refractivity contribution in [3.8, 4) is 0 Å². The molecule has 0 radical (unpaired) electrons. The molecule has 0 aromatic carbocycles. The molecule has 1 heterocycles. The highest BCUT2D eigenvalue weighted by Gasteiger charge is 2.53. The second-order valence-electron chi connectivity index (χ2n) is 5.30. The van der Waals surface area contributed by atoms with Gasteiger partial charge < -0.3 is 4.74 Å². The first-order valence-electron chi connectivity index (χ1n) is 6.83. The molecule has 2 rings (SSSR count). The van der Waals surface area contributed by atoms with Gasteiger partial charge in [0.25, 0.3) is 0 Å². The monoisotopic (exact) mass is 246 g/mol. The van der Waals surface area contributed by atoms with Gasteiger partial charge in [0.15, 0.2) is 0 Å². The van der Waals surface area contributed by atoms with E-state index in [1.807, 2.05) is 12.2 Å². The molecule has 0 spiro atoms. The Kier molecular flexibility index (Phi) is 4.05. The van der Waals surface area contributed by atoms with E-state index < -0.39 is 0 Å². The number of esters is 1. The summed E-state index contributed by atoms with van der Waals surface area (Å²) in [6, 6.07) is 0. The summed E-state index contributed by atoms with van der Waals surface area (Å²) >= 11 is 0. The summed E-state index contributed by atoms with van der Waals surface area (Å²) in [5, 5.41) is 0. The number of carbonyl (C=O) groups is 1. The zero-order valence-corrected chi connectivity index (χ0v) is 10.9. The quantitative estimate of drug-likeness (QED) is 0.526. The van der Waals surface area contributed by atoms with Gasteiger partial charge in [0.2, 0.25) is 0 Å². The zero-order valence-electron chi connectivity index (χ0n) is 10.9. The van der Waals surface area contributed by atoms with Gasteiger partial charge in [-0.25, -0.2) is 0 Å². The molecule has 0 saturated carbocycles. The Morgan fingerprint density at radius 2 is 1.83 bits per heavy atom. The first-order valence-corrected chi connectivity index (χ1v) is 6.83. The average Bonchev–Trinajstić information content (AvgIpc) is 2.69. The first kappa shape index (κ1) is 13.1. The highest BCUT2D eigenvalue weighted by molar-refractivity contribution is 5.76. The molecule has 0 amide bonds. The number of hydrogen-bond acceptors (Lipinski definition) is 2. The van der Waals surface area contributed by atoms with Crippen molar-refractivity contribution in [3.05, 3.63) is 37.5 Å². The predicted molar refractivity (Wildman–Crippen MR) is 73.0 cm³/mol. The second kappa shape index (κ2) is 5.55. The highest BCUT2D eigenvalue weighted by atomic mass is 16.6. The summed E-state index contributed by atoms with van der Waals surface area (Å²) in [7, 11) is 0. The normalized spacial score (nSPS) is 28.6. The molecule has 1 aliphatic heterocycles. The van der Waals surface area contributed by atoms with Crippen molar-refractivity contribution < 1.29 is 9.53 Å². The van der Waals surface area contributed by atoms with E-state index in [1.54, 1.807) is 0 Å². The van der Waals surface area contributed by atoms with E-state index in [-0.39, 0.29) is 17.5 Å². The van der Waals surface area contributed by atoms with E-state index in [0.717, 1.165) is 38.5 Å². The zero-order chi connectivity index (χ0) is 13.0. The molecule has 1 fully saturated rings. The van der Waals surface area contributed by atoms with Gasteiger partial charge in [0, 0.05) is 5.92 Å². The molecule has 2 aliphatic rings. The SMILES string of the molecule is C=CCCC1(CCC=C)OC(=O)[C@@H]2CC=CC[C@@H]21. The molecule has 0 bridgehead atoms. The molecule has 98 valence electrons. The van der Waals surface area contributed by atoms with E-state index in [4.69, 9.17) is 4.74 Å². The minimum Gasteiger partial charge on any atom is -0.458 e. The Balaban J connectivity index is 2.21. The Morgan fingerprint density at radius 3 is 2.44 bits per heavy atom. The summed E-state index contributed by atoms with van der Waals surface area (Å²) in [5.41, 5.74) is -0.283. The molecular weight excluding hydrogens is 224 g/mol. The molecule has 0 aromatic heterocycles. The van der Waals surface area contributed by atoms with Crippen molar-refractivity contribution in [1.82, 2.24) is 0 Å². The van der Waals surface area contributed by atoms with Crippen LogP contribution < -0.4 is 0 Å². The summed E-state index contributed by atoms with van der Waals surface area (Å²) in [4.78, 5) is 12.0. The minimum absolute atomic E-state index is 0.00234. The number of ether oxygens (including phenoxy) is 1. The summed E-state index contributed by atoms with van der Waals surface area (Å²) in [5.74, 6) is 0.414. The van der Waals surface area contributed by atoms with Crippen molar-refractivity contribution in [2.45, 2.75) is 44.1 Å². The van der Waals surface area contributed by atoms with Gasteiger partial charge in [-0.15, -0.1) is 13.2 Å². The van der Waals surface area contributed by atoms with Crippen molar-refractivity contribution in [2.75, 3.05) is 0 Å². The second-order valence-corrected chi connectivity index (χ2v) is 5.30. The fraction of sp³-hybridized carbons (Fsp3) is 0.562. The molecule has 0 N–H and O–H groups in total. The number of fused-ring (bicyclic) bond motifs is 1. The van der Waals surface area contributed by atoms with Gasteiger partial charge in [-0.05, 0) is 38.5 Å². The Hall–Kier alpha value is -1.31. The van der Waals surface area contributed by atoms with Crippen LogP contribution in [0.15, 0.2) is 37.5 Å². The molecule has 2 heteroatoms. The van der Waals surface area contributed by atoms with Crippen molar-refractivity contribution >= 4 is 5.97 Å². The Bertz CT molecular complexity index is 355. The fourth-order valence-electron chi connectivity index (χ4n) is 3.30. The smallest absolute Gasteiger partial charge is 0.310 e. The molecule has 1 saturated heterocycles. The first-order chi connectivity index (χ1) is 8.73. The van der Waals surface area contributed by atoms with Crippen LogP contribution in [0.1, 0.15) is 38.5 Å². The van der Waals surface area contributed by atoms with Crippen LogP contribution in [-0.4, -0.2) is 11.6 Å². The third-order valence-electron chi connectivity index (χ3n) is 4.26. The molecule has 2 nitrogen and oxygen atoms in total. The van der Waals surface area contributed by atoms with Gasteiger partial charge in [0.1, 0.15) is 5.60 Å². The topological polar surface area (TPSA) is 26.3 Å². The Labute approximate surface area is 109 Å². The van der Waals surface area contributed by atoms with Crippen LogP contribution in [0.3, 0.4) is 0 Å². The highest BCUT2D eigenvalue weighted by Crippen LogP contribution is 2.48. The lowest BCUT2D eigenvalue weighted by Crippen LogP contribution is -2.37. The van der Waals surface area contributed by atoms with Crippen LogP contribution in [0.4, 0.5) is 0 Å².